The number of rotatable bonds is 2. The Labute approximate surface area is 64.5 Å². The lowest BCUT2D eigenvalue weighted by molar-refractivity contribution is 0.412. The average Bonchev–Trinajstić information content (AvgIpc) is 2.04. The van der Waals surface area contributed by atoms with Gasteiger partial charge in [0.15, 0.2) is 0 Å². The number of amidine groups is 1. The van der Waals surface area contributed by atoms with E-state index in [1.54, 1.807) is 12.3 Å². The zero-order valence-electron chi connectivity index (χ0n) is 6.16. The van der Waals surface area contributed by atoms with E-state index in [0.717, 1.165) is 0 Å². The van der Waals surface area contributed by atoms with Gasteiger partial charge in [-0.05, 0) is 6.07 Å². The molecule has 0 spiro atoms. The molecule has 4 heteroatoms. The largest absolute Gasteiger partial charge is 0.494 e. The number of pyridine rings is 1. The van der Waals surface area contributed by atoms with Gasteiger partial charge in [0.25, 0.3) is 0 Å². The third-order valence-electron chi connectivity index (χ3n) is 1.29. The Kier molecular flexibility index (Phi) is 2.06. The summed E-state index contributed by atoms with van der Waals surface area (Å²) in [6, 6.07) is 1.64. The number of nitrogens with zero attached hydrogens (tertiary/aromatic N) is 1. The Morgan fingerprint density at radius 1 is 1.73 bits per heavy atom. The first-order chi connectivity index (χ1) is 5.25. The molecule has 0 aliphatic heterocycles. The fourth-order valence-corrected chi connectivity index (χ4v) is 0.765. The maximum absolute atomic E-state index is 7.15. The van der Waals surface area contributed by atoms with Gasteiger partial charge in [0, 0.05) is 6.20 Å². The molecule has 1 aromatic heterocycles. The summed E-state index contributed by atoms with van der Waals surface area (Å²) in [5.41, 5.74) is 5.84. The van der Waals surface area contributed by atoms with E-state index in [4.69, 9.17) is 15.9 Å². The second-order valence-corrected chi connectivity index (χ2v) is 1.99. The van der Waals surface area contributed by atoms with Crippen molar-refractivity contribution in [3.8, 4) is 5.75 Å². The quantitative estimate of drug-likeness (QED) is 0.474. The van der Waals surface area contributed by atoms with Gasteiger partial charge in [-0.15, -0.1) is 0 Å². The van der Waals surface area contributed by atoms with E-state index in [0.29, 0.717) is 11.3 Å². The van der Waals surface area contributed by atoms with Crippen LogP contribution in [0.25, 0.3) is 0 Å². The van der Waals surface area contributed by atoms with E-state index in [1.807, 2.05) is 0 Å². The molecular weight excluding hydrogens is 142 g/mol. The van der Waals surface area contributed by atoms with Gasteiger partial charge in [-0.2, -0.15) is 0 Å². The van der Waals surface area contributed by atoms with E-state index in [2.05, 4.69) is 4.98 Å². The molecular formula is C7H9N3O. The zero-order chi connectivity index (χ0) is 8.27. The molecule has 4 nitrogen and oxygen atoms in total. The van der Waals surface area contributed by atoms with Gasteiger partial charge < -0.3 is 10.5 Å². The molecule has 0 bridgehead atoms. The summed E-state index contributed by atoms with van der Waals surface area (Å²) in [6.07, 6.45) is 3.09. The lowest BCUT2D eigenvalue weighted by Crippen LogP contribution is -2.12. The Hall–Kier alpha value is -1.58. The zero-order valence-corrected chi connectivity index (χ0v) is 6.16. The Bertz CT molecular complexity index is 272. The summed E-state index contributed by atoms with van der Waals surface area (Å²) in [4.78, 5) is 3.82. The van der Waals surface area contributed by atoms with Crippen LogP contribution in [0.3, 0.4) is 0 Å². The van der Waals surface area contributed by atoms with Crippen molar-refractivity contribution in [2.45, 2.75) is 0 Å². The molecule has 3 N–H and O–H groups in total. The van der Waals surface area contributed by atoms with Crippen LogP contribution in [0.15, 0.2) is 18.5 Å². The first kappa shape index (κ1) is 7.53. The van der Waals surface area contributed by atoms with Crippen LogP contribution in [-0.4, -0.2) is 17.9 Å². The number of nitrogens with one attached hydrogen (secondary N) is 1. The first-order valence-electron chi connectivity index (χ1n) is 3.08. The first-order valence-corrected chi connectivity index (χ1v) is 3.08. The third-order valence-corrected chi connectivity index (χ3v) is 1.29. The molecule has 0 aliphatic carbocycles. The number of ether oxygens (including phenoxy) is 1. The van der Waals surface area contributed by atoms with Crippen molar-refractivity contribution in [1.82, 2.24) is 4.98 Å². The van der Waals surface area contributed by atoms with Crippen molar-refractivity contribution in [2.24, 2.45) is 5.73 Å². The predicted octanol–water partition coefficient (Wildman–Crippen LogP) is 0.374. The molecule has 0 atom stereocenters. The van der Waals surface area contributed by atoms with Crippen LogP contribution in [0.4, 0.5) is 0 Å². The van der Waals surface area contributed by atoms with Crippen LogP contribution < -0.4 is 10.5 Å². The van der Waals surface area contributed by atoms with Crippen LogP contribution in [-0.2, 0) is 0 Å². The van der Waals surface area contributed by atoms with Gasteiger partial charge in [-0.25, -0.2) is 0 Å². The molecule has 0 fully saturated rings. The summed E-state index contributed by atoms with van der Waals surface area (Å²) >= 11 is 0. The molecule has 0 aliphatic rings. The minimum Gasteiger partial charge on any atom is -0.494 e. The standard InChI is InChI=1S/C7H9N3O/c1-11-6-4-10-3-2-5(6)7(8)9/h2-4H,1H3,(H3,8,9). The number of hydrogen-bond donors (Lipinski definition) is 2. The lowest BCUT2D eigenvalue weighted by Gasteiger charge is -2.03. The van der Waals surface area contributed by atoms with Crippen molar-refractivity contribution in [2.75, 3.05) is 7.11 Å². The molecule has 0 aromatic carbocycles. The van der Waals surface area contributed by atoms with Gasteiger partial charge in [0.1, 0.15) is 11.6 Å². The Morgan fingerprint density at radius 2 is 2.45 bits per heavy atom. The number of hydrogen-bond acceptors (Lipinski definition) is 3. The van der Waals surface area contributed by atoms with Gasteiger partial charge in [-0.1, -0.05) is 0 Å². The highest BCUT2D eigenvalue weighted by Crippen LogP contribution is 2.13. The van der Waals surface area contributed by atoms with Gasteiger partial charge >= 0.3 is 0 Å². The maximum atomic E-state index is 7.15. The summed E-state index contributed by atoms with van der Waals surface area (Å²) in [6.45, 7) is 0. The summed E-state index contributed by atoms with van der Waals surface area (Å²) < 4.78 is 4.92. The number of aromatic nitrogens is 1. The van der Waals surface area contributed by atoms with Gasteiger partial charge in [-0.3, -0.25) is 10.4 Å². The molecule has 0 saturated heterocycles. The summed E-state index contributed by atoms with van der Waals surface area (Å²) in [7, 11) is 1.52. The molecule has 1 rings (SSSR count). The highest BCUT2D eigenvalue weighted by molar-refractivity contribution is 5.97. The fourth-order valence-electron chi connectivity index (χ4n) is 0.765. The van der Waals surface area contributed by atoms with Gasteiger partial charge in [0.2, 0.25) is 0 Å². The molecule has 0 saturated carbocycles. The maximum Gasteiger partial charge on any atom is 0.148 e. The topological polar surface area (TPSA) is 72.0 Å². The highest BCUT2D eigenvalue weighted by Gasteiger charge is 2.03. The third kappa shape index (κ3) is 1.46. The Morgan fingerprint density at radius 3 is 2.91 bits per heavy atom. The van der Waals surface area contributed by atoms with E-state index in [1.165, 1.54) is 13.3 Å². The monoisotopic (exact) mass is 151 g/mol. The second kappa shape index (κ2) is 3.01. The van der Waals surface area contributed by atoms with E-state index >= 15 is 0 Å². The van der Waals surface area contributed by atoms with Crippen LogP contribution >= 0.6 is 0 Å². The molecule has 0 amide bonds. The van der Waals surface area contributed by atoms with Crippen molar-refractivity contribution >= 4 is 5.84 Å². The molecule has 58 valence electrons. The van der Waals surface area contributed by atoms with Crippen molar-refractivity contribution in [1.29, 1.82) is 5.41 Å². The number of methoxy groups -OCH3 is 1. The summed E-state index contributed by atoms with van der Waals surface area (Å²) in [5.74, 6) is 0.518. The van der Waals surface area contributed by atoms with Crippen LogP contribution in [0.2, 0.25) is 0 Å². The van der Waals surface area contributed by atoms with E-state index < -0.39 is 0 Å². The molecule has 0 unspecified atom stereocenters. The lowest BCUT2D eigenvalue weighted by atomic mass is 10.2. The average molecular weight is 151 g/mol. The molecule has 1 aromatic rings. The predicted molar refractivity (Wildman–Crippen MR) is 41.8 cm³/mol. The second-order valence-electron chi connectivity index (χ2n) is 1.99. The fraction of sp³-hybridized carbons (Fsp3) is 0.143. The van der Waals surface area contributed by atoms with Crippen molar-refractivity contribution in [3.63, 3.8) is 0 Å². The smallest absolute Gasteiger partial charge is 0.148 e. The minimum atomic E-state index is -0.00995. The van der Waals surface area contributed by atoms with Crippen LogP contribution in [0.5, 0.6) is 5.75 Å². The van der Waals surface area contributed by atoms with Crippen LogP contribution in [0.1, 0.15) is 5.56 Å². The summed E-state index contributed by atoms with van der Waals surface area (Å²) in [5, 5.41) is 7.15. The normalized spacial score (nSPS) is 9.18. The highest BCUT2D eigenvalue weighted by atomic mass is 16.5. The molecule has 0 radical (unpaired) electrons. The minimum absolute atomic E-state index is 0.00995. The molecule has 1 heterocycles. The SMILES string of the molecule is COc1cnccc1C(=N)N. The van der Waals surface area contributed by atoms with E-state index in [9.17, 15) is 0 Å². The molecule has 11 heavy (non-hydrogen) atoms. The number of nitrogens with two attached hydrogens (primary N) is 1. The van der Waals surface area contributed by atoms with E-state index in [-0.39, 0.29) is 5.84 Å². The number of nitrogen functional groups attached to an aromatic ring is 1. The van der Waals surface area contributed by atoms with Crippen molar-refractivity contribution < 1.29 is 4.74 Å². The van der Waals surface area contributed by atoms with Crippen LogP contribution in [0, 0.1) is 5.41 Å². The Balaban J connectivity index is 3.12. The van der Waals surface area contributed by atoms with Crippen molar-refractivity contribution in [3.05, 3.63) is 24.0 Å². The van der Waals surface area contributed by atoms with Gasteiger partial charge in [0.05, 0.1) is 18.9 Å².